The first-order valence-electron chi connectivity index (χ1n) is 5.78. The lowest BCUT2D eigenvalue weighted by Crippen LogP contribution is -2.37. The van der Waals surface area contributed by atoms with Crippen LogP contribution in [0.2, 0.25) is 0 Å². The summed E-state index contributed by atoms with van der Waals surface area (Å²) in [6, 6.07) is 6.35. The molecule has 0 unspecified atom stereocenters. The minimum atomic E-state index is -3.15. The summed E-state index contributed by atoms with van der Waals surface area (Å²) in [5.74, 6) is 1.32. The van der Waals surface area contributed by atoms with Crippen LogP contribution in [0.3, 0.4) is 0 Å². The Kier molecular flexibility index (Phi) is 8.54. The highest BCUT2D eigenvalue weighted by molar-refractivity contribution is 14.0. The van der Waals surface area contributed by atoms with Gasteiger partial charge in [-0.15, -0.1) is 24.0 Å². The molecule has 0 aromatic heterocycles. The maximum absolute atomic E-state index is 11.3. The number of hydrogen-bond donors (Lipinski definition) is 2. The summed E-state index contributed by atoms with van der Waals surface area (Å²) < 4.78 is 28.0. The normalized spacial score (nSPS) is 11.4. The standard InChI is InChI=1S/C12H19N3O3S.HI/c1-13-12(14-2)15-8-9-18-10-4-6-11(7-5-10)19(3,16)17;/h4-7H,8-9H2,1-3H3,(H2,13,14,15);1H. The van der Waals surface area contributed by atoms with E-state index >= 15 is 0 Å². The van der Waals surface area contributed by atoms with Crippen molar-refractivity contribution in [3.05, 3.63) is 24.3 Å². The van der Waals surface area contributed by atoms with Gasteiger partial charge < -0.3 is 15.4 Å². The lowest BCUT2D eigenvalue weighted by Gasteiger charge is -2.10. The molecule has 1 aromatic rings. The Bertz CT molecular complexity index is 529. The van der Waals surface area contributed by atoms with Crippen LogP contribution in [0.5, 0.6) is 5.75 Å². The van der Waals surface area contributed by atoms with Gasteiger partial charge in [0, 0.05) is 20.4 Å². The fourth-order valence-electron chi connectivity index (χ4n) is 1.40. The number of sulfone groups is 1. The number of hydrogen-bond acceptors (Lipinski definition) is 4. The van der Waals surface area contributed by atoms with E-state index < -0.39 is 9.84 Å². The number of nitrogens with zero attached hydrogens (tertiary/aromatic N) is 1. The molecule has 6 nitrogen and oxygen atoms in total. The highest BCUT2D eigenvalue weighted by atomic mass is 127. The van der Waals surface area contributed by atoms with E-state index in [1.54, 1.807) is 26.2 Å². The van der Waals surface area contributed by atoms with E-state index in [1.165, 1.54) is 18.4 Å². The number of guanidine groups is 1. The number of ether oxygens (including phenoxy) is 1. The molecule has 0 saturated carbocycles. The minimum Gasteiger partial charge on any atom is -0.492 e. The lowest BCUT2D eigenvalue weighted by molar-refractivity contribution is 0.322. The summed E-state index contributed by atoms with van der Waals surface area (Å²) in [4.78, 5) is 4.25. The maximum atomic E-state index is 11.3. The maximum Gasteiger partial charge on any atom is 0.190 e. The first-order valence-corrected chi connectivity index (χ1v) is 7.68. The monoisotopic (exact) mass is 413 g/mol. The molecule has 1 rings (SSSR count). The third kappa shape index (κ3) is 6.42. The molecule has 0 radical (unpaired) electrons. The van der Waals surface area contributed by atoms with Crippen molar-refractivity contribution in [2.45, 2.75) is 4.90 Å². The van der Waals surface area contributed by atoms with Crippen LogP contribution in [0.25, 0.3) is 0 Å². The number of benzene rings is 1. The van der Waals surface area contributed by atoms with Crippen LogP contribution in [0, 0.1) is 0 Å². The lowest BCUT2D eigenvalue weighted by atomic mass is 10.3. The fraction of sp³-hybridized carbons (Fsp3) is 0.417. The van der Waals surface area contributed by atoms with Crippen LogP contribution >= 0.6 is 24.0 Å². The highest BCUT2D eigenvalue weighted by Crippen LogP contribution is 2.15. The number of nitrogens with one attached hydrogen (secondary N) is 2. The molecule has 0 amide bonds. The number of halogens is 1. The molecule has 2 N–H and O–H groups in total. The second-order valence-electron chi connectivity index (χ2n) is 3.84. The summed E-state index contributed by atoms with van der Waals surface area (Å²) >= 11 is 0. The molecule has 0 bridgehead atoms. The van der Waals surface area contributed by atoms with Gasteiger partial charge >= 0.3 is 0 Å². The molecule has 0 saturated heterocycles. The van der Waals surface area contributed by atoms with E-state index in [1.807, 2.05) is 0 Å². The highest BCUT2D eigenvalue weighted by Gasteiger charge is 2.06. The van der Waals surface area contributed by atoms with Gasteiger partial charge in [0.05, 0.1) is 11.4 Å². The molecule has 0 aliphatic heterocycles. The smallest absolute Gasteiger partial charge is 0.190 e. The Morgan fingerprint density at radius 3 is 2.35 bits per heavy atom. The van der Waals surface area contributed by atoms with Gasteiger partial charge in [0.1, 0.15) is 12.4 Å². The van der Waals surface area contributed by atoms with E-state index in [4.69, 9.17) is 4.74 Å². The SMILES string of the molecule is CN=C(NC)NCCOc1ccc(S(C)(=O)=O)cc1.I. The Hall–Kier alpha value is -1.03. The zero-order valence-electron chi connectivity index (χ0n) is 11.7. The fourth-order valence-corrected chi connectivity index (χ4v) is 2.03. The molecule has 114 valence electrons. The van der Waals surface area contributed by atoms with Crippen LogP contribution in [-0.4, -0.2) is 47.9 Å². The third-order valence-corrected chi connectivity index (χ3v) is 3.50. The average Bonchev–Trinajstić information content (AvgIpc) is 2.38. The largest absolute Gasteiger partial charge is 0.492 e. The predicted octanol–water partition coefficient (Wildman–Crippen LogP) is 0.882. The first-order chi connectivity index (χ1) is 8.97. The van der Waals surface area contributed by atoms with Gasteiger partial charge in [-0.25, -0.2) is 8.42 Å². The summed E-state index contributed by atoms with van der Waals surface area (Å²) in [7, 11) is 0.307. The van der Waals surface area contributed by atoms with E-state index in [-0.39, 0.29) is 28.9 Å². The predicted molar refractivity (Wildman–Crippen MR) is 90.9 cm³/mol. The van der Waals surface area contributed by atoms with Gasteiger partial charge in [-0.3, -0.25) is 4.99 Å². The van der Waals surface area contributed by atoms with Crippen molar-refractivity contribution in [3.8, 4) is 5.75 Å². The molecule has 20 heavy (non-hydrogen) atoms. The zero-order valence-corrected chi connectivity index (χ0v) is 14.9. The number of rotatable bonds is 5. The molecule has 0 fully saturated rings. The van der Waals surface area contributed by atoms with Crippen molar-refractivity contribution in [3.63, 3.8) is 0 Å². The van der Waals surface area contributed by atoms with Gasteiger partial charge in [-0.05, 0) is 24.3 Å². The van der Waals surface area contributed by atoms with Gasteiger partial charge in [0.15, 0.2) is 15.8 Å². The molecule has 0 spiro atoms. The van der Waals surface area contributed by atoms with Crippen molar-refractivity contribution in [2.75, 3.05) is 33.5 Å². The van der Waals surface area contributed by atoms with Crippen LogP contribution in [-0.2, 0) is 9.84 Å². The Morgan fingerprint density at radius 1 is 1.30 bits per heavy atom. The quantitative estimate of drug-likeness (QED) is 0.324. The number of aliphatic imine (C=N–C) groups is 1. The van der Waals surface area contributed by atoms with Gasteiger partial charge in [-0.1, -0.05) is 0 Å². The van der Waals surface area contributed by atoms with Gasteiger partial charge in [-0.2, -0.15) is 0 Å². The second-order valence-corrected chi connectivity index (χ2v) is 5.86. The van der Waals surface area contributed by atoms with E-state index in [9.17, 15) is 8.42 Å². The van der Waals surface area contributed by atoms with E-state index in [2.05, 4.69) is 15.6 Å². The zero-order chi connectivity index (χ0) is 14.3. The van der Waals surface area contributed by atoms with Crippen molar-refractivity contribution in [2.24, 2.45) is 4.99 Å². The van der Waals surface area contributed by atoms with Crippen molar-refractivity contribution < 1.29 is 13.2 Å². The first kappa shape index (κ1) is 19.0. The van der Waals surface area contributed by atoms with Crippen LogP contribution < -0.4 is 15.4 Å². The molecular formula is C12H20IN3O3S. The summed E-state index contributed by atoms with van der Waals surface area (Å²) in [5.41, 5.74) is 0. The van der Waals surface area contributed by atoms with Crippen molar-refractivity contribution in [1.29, 1.82) is 0 Å². The molecule has 1 aromatic carbocycles. The summed E-state index contributed by atoms with van der Waals surface area (Å²) in [6.45, 7) is 1.06. The summed E-state index contributed by atoms with van der Waals surface area (Å²) in [5, 5.41) is 5.93. The van der Waals surface area contributed by atoms with Crippen LogP contribution in [0.4, 0.5) is 0 Å². The van der Waals surface area contributed by atoms with E-state index in [0.29, 0.717) is 24.9 Å². The Balaban J connectivity index is 0.00000361. The molecule has 8 heteroatoms. The average molecular weight is 413 g/mol. The van der Waals surface area contributed by atoms with Gasteiger partial charge in [0.25, 0.3) is 0 Å². The Labute approximate surface area is 136 Å². The van der Waals surface area contributed by atoms with E-state index in [0.717, 1.165) is 0 Å². The molecule has 0 aliphatic rings. The summed E-state index contributed by atoms with van der Waals surface area (Å²) in [6.07, 6.45) is 1.18. The topological polar surface area (TPSA) is 79.8 Å². The molecule has 0 heterocycles. The van der Waals surface area contributed by atoms with Crippen molar-refractivity contribution >= 4 is 39.8 Å². The van der Waals surface area contributed by atoms with Crippen LogP contribution in [0.15, 0.2) is 34.2 Å². The third-order valence-electron chi connectivity index (χ3n) is 2.38. The molecule has 0 atom stereocenters. The second kappa shape index (κ2) is 9.01. The van der Waals surface area contributed by atoms with Crippen molar-refractivity contribution in [1.82, 2.24) is 10.6 Å². The van der Waals surface area contributed by atoms with Crippen LogP contribution in [0.1, 0.15) is 0 Å². The molecule has 0 aliphatic carbocycles. The Morgan fingerprint density at radius 2 is 1.90 bits per heavy atom. The van der Waals surface area contributed by atoms with Gasteiger partial charge in [0.2, 0.25) is 0 Å². The minimum absolute atomic E-state index is 0. The molecular weight excluding hydrogens is 393 g/mol.